The highest BCUT2D eigenvalue weighted by molar-refractivity contribution is 5.91. The number of allylic oxidation sites excluding steroid dienone is 1. The summed E-state index contributed by atoms with van der Waals surface area (Å²) in [7, 11) is 0. The van der Waals surface area contributed by atoms with Crippen molar-refractivity contribution in [3.63, 3.8) is 0 Å². The first-order valence-electron chi connectivity index (χ1n) is 6.57. The molecule has 3 aliphatic carbocycles. The number of fused-ring (bicyclic) bond motifs is 3. The van der Waals surface area contributed by atoms with Gasteiger partial charge < -0.3 is 0 Å². The van der Waals surface area contributed by atoms with Gasteiger partial charge in [0.25, 0.3) is 0 Å². The van der Waals surface area contributed by atoms with Crippen LogP contribution in [0.2, 0.25) is 0 Å². The summed E-state index contributed by atoms with van der Waals surface area (Å²) in [6.45, 7) is 11.1. The van der Waals surface area contributed by atoms with Crippen molar-refractivity contribution in [2.75, 3.05) is 0 Å². The second-order valence-electron chi connectivity index (χ2n) is 7.26. The summed E-state index contributed by atoms with van der Waals surface area (Å²) in [4.78, 5) is 12.6. The molecule has 0 saturated heterocycles. The van der Waals surface area contributed by atoms with Crippen LogP contribution < -0.4 is 0 Å². The lowest BCUT2D eigenvalue weighted by Gasteiger charge is -2.28. The number of rotatable bonds is 0. The van der Waals surface area contributed by atoms with Crippen LogP contribution in [-0.2, 0) is 4.79 Å². The fraction of sp³-hybridized carbons (Fsp3) is 0.800. The Labute approximate surface area is 98.3 Å². The molecule has 3 fully saturated rings. The molecule has 0 N–H and O–H groups in total. The van der Waals surface area contributed by atoms with Crippen LogP contribution in [0.3, 0.4) is 0 Å². The average Bonchev–Trinajstić information content (AvgIpc) is 2.69. The Bertz CT molecular complexity index is 379. The summed E-state index contributed by atoms with van der Waals surface area (Å²) in [5.41, 5.74) is 1.69. The third kappa shape index (κ3) is 1.10. The summed E-state index contributed by atoms with van der Waals surface area (Å²) < 4.78 is 0. The predicted octanol–water partition coefficient (Wildman–Crippen LogP) is 3.59. The first-order valence-corrected chi connectivity index (χ1v) is 6.57. The van der Waals surface area contributed by atoms with Crippen molar-refractivity contribution in [2.45, 2.75) is 46.5 Å². The maximum absolute atomic E-state index is 12.6. The third-order valence-corrected chi connectivity index (χ3v) is 5.50. The van der Waals surface area contributed by atoms with Gasteiger partial charge in [-0.1, -0.05) is 32.9 Å². The van der Waals surface area contributed by atoms with Crippen LogP contribution in [0.15, 0.2) is 12.2 Å². The highest BCUT2D eigenvalue weighted by atomic mass is 16.1. The Morgan fingerprint density at radius 1 is 1.25 bits per heavy atom. The van der Waals surface area contributed by atoms with Gasteiger partial charge in [-0.15, -0.1) is 0 Å². The van der Waals surface area contributed by atoms with E-state index in [-0.39, 0.29) is 5.41 Å². The van der Waals surface area contributed by atoms with E-state index in [2.05, 4.69) is 27.4 Å². The molecule has 0 heterocycles. The molecule has 0 aromatic rings. The lowest BCUT2D eigenvalue weighted by molar-refractivity contribution is -0.129. The monoisotopic (exact) mass is 218 g/mol. The topological polar surface area (TPSA) is 17.1 Å². The van der Waals surface area contributed by atoms with Gasteiger partial charge >= 0.3 is 0 Å². The van der Waals surface area contributed by atoms with Gasteiger partial charge in [0.2, 0.25) is 0 Å². The van der Waals surface area contributed by atoms with Crippen molar-refractivity contribution >= 4 is 5.78 Å². The molecule has 4 atom stereocenters. The first kappa shape index (κ1) is 10.6. The molecule has 0 radical (unpaired) electrons. The van der Waals surface area contributed by atoms with Crippen LogP contribution in [0, 0.1) is 28.6 Å². The van der Waals surface area contributed by atoms with Crippen molar-refractivity contribution in [3.8, 4) is 0 Å². The third-order valence-electron chi connectivity index (χ3n) is 5.50. The Hall–Kier alpha value is -0.590. The minimum absolute atomic E-state index is 0.0388. The fourth-order valence-electron chi connectivity index (χ4n) is 4.90. The predicted molar refractivity (Wildman–Crippen MR) is 65.0 cm³/mol. The minimum Gasteiger partial charge on any atom is -0.299 e. The lowest BCUT2D eigenvalue weighted by atomic mass is 9.74. The standard InChI is InChI=1S/C15H22O/c1-9-5-6-15(4)12(9)10-7-14(2,3)8-11(10)13(15)16/h10-12H,1,5-8H2,2-4H3/t10-,11+,12+,15+/m1/s1. The zero-order valence-electron chi connectivity index (χ0n) is 10.7. The van der Waals surface area contributed by atoms with E-state index in [1.54, 1.807) is 0 Å². The summed E-state index contributed by atoms with van der Waals surface area (Å²) in [5, 5.41) is 0. The molecule has 3 saturated carbocycles. The van der Waals surface area contributed by atoms with Crippen LogP contribution in [0.5, 0.6) is 0 Å². The quantitative estimate of drug-likeness (QED) is 0.568. The second kappa shape index (κ2) is 2.80. The Kier molecular flexibility index (Phi) is 1.85. The zero-order chi connectivity index (χ0) is 11.7. The molecule has 88 valence electrons. The highest BCUT2D eigenvalue weighted by Crippen LogP contribution is 2.65. The van der Waals surface area contributed by atoms with Gasteiger partial charge in [0.15, 0.2) is 0 Å². The van der Waals surface area contributed by atoms with Gasteiger partial charge in [-0.05, 0) is 42.9 Å². The maximum Gasteiger partial charge on any atom is 0.142 e. The summed E-state index contributed by atoms with van der Waals surface area (Å²) in [6, 6.07) is 0. The average molecular weight is 218 g/mol. The van der Waals surface area contributed by atoms with Crippen LogP contribution in [-0.4, -0.2) is 5.78 Å². The van der Waals surface area contributed by atoms with E-state index in [4.69, 9.17) is 0 Å². The van der Waals surface area contributed by atoms with Crippen molar-refractivity contribution in [3.05, 3.63) is 12.2 Å². The molecule has 0 amide bonds. The van der Waals surface area contributed by atoms with Crippen LogP contribution in [0.4, 0.5) is 0 Å². The SMILES string of the molecule is C=C1CC[C@]2(C)C(=O)[C@H]3CC(C)(C)C[C@H]3[C@H]12. The number of carbonyl (C=O) groups excluding carboxylic acids is 1. The second-order valence-corrected chi connectivity index (χ2v) is 7.26. The minimum atomic E-state index is -0.0388. The molecule has 0 aromatic heterocycles. The number of hydrogen-bond donors (Lipinski definition) is 0. The van der Waals surface area contributed by atoms with Crippen LogP contribution in [0.1, 0.15) is 46.5 Å². The van der Waals surface area contributed by atoms with Gasteiger partial charge in [0.1, 0.15) is 5.78 Å². The molecule has 0 bridgehead atoms. The Balaban J connectivity index is 2.02. The normalized spacial score (nSPS) is 49.6. The van der Waals surface area contributed by atoms with Gasteiger partial charge in [-0.25, -0.2) is 0 Å². The summed E-state index contributed by atoms with van der Waals surface area (Å²) in [5.74, 6) is 2.03. The number of ketones is 1. The molecule has 3 rings (SSSR count). The van der Waals surface area contributed by atoms with Crippen molar-refractivity contribution in [2.24, 2.45) is 28.6 Å². The van der Waals surface area contributed by atoms with Crippen LogP contribution >= 0.6 is 0 Å². The smallest absolute Gasteiger partial charge is 0.142 e. The van der Waals surface area contributed by atoms with E-state index >= 15 is 0 Å². The van der Waals surface area contributed by atoms with E-state index < -0.39 is 0 Å². The largest absolute Gasteiger partial charge is 0.299 e. The Morgan fingerprint density at radius 3 is 2.62 bits per heavy atom. The van der Waals surface area contributed by atoms with E-state index in [0.29, 0.717) is 29.0 Å². The van der Waals surface area contributed by atoms with E-state index in [1.165, 1.54) is 12.0 Å². The molecule has 1 nitrogen and oxygen atoms in total. The molecule has 0 aliphatic heterocycles. The zero-order valence-corrected chi connectivity index (χ0v) is 10.7. The lowest BCUT2D eigenvalue weighted by Crippen LogP contribution is -2.28. The van der Waals surface area contributed by atoms with E-state index in [0.717, 1.165) is 19.3 Å². The maximum atomic E-state index is 12.6. The van der Waals surface area contributed by atoms with Crippen molar-refractivity contribution in [1.29, 1.82) is 0 Å². The molecular weight excluding hydrogens is 196 g/mol. The highest BCUT2D eigenvalue weighted by Gasteiger charge is 2.63. The van der Waals surface area contributed by atoms with Gasteiger partial charge in [0.05, 0.1) is 0 Å². The number of carbonyl (C=O) groups is 1. The number of hydrogen-bond acceptors (Lipinski definition) is 1. The molecule has 3 aliphatic rings. The molecule has 0 spiro atoms. The molecule has 0 aromatic carbocycles. The fourth-order valence-corrected chi connectivity index (χ4v) is 4.90. The van der Waals surface area contributed by atoms with E-state index in [1.807, 2.05) is 0 Å². The van der Waals surface area contributed by atoms with Crippen molar-refractivity contribution < 1.29 is 4.79 Å². The first-order chi connectivity index (χ1) is 7.35. The number of Topliss-reactive ketones (excluding diaryl/α,β-unsaturated/α-hetero) is 1. The molecule has 1 heteroatoms. The summed E-state index contributed by atoms with van der Waals surface area (Å²) in [6.07, 6.45) is 4.47. The summed E-state index contributed by atoms with van der Waals surface area (Å²) >= 11 is 0. The van der Waals surface area contributed by atoms with E-state index in [9.17, 15) is 4.79 Å². The van der Waals surface area contributed by atoms with Gasteiger partial charge in [-0.3, -0.25) is 4.79 Å². The Morgan fingerprint density at radius 2 is 1.94 bits per heavy atom. The van der Waals surface area contributed by atoms with Crippen molar-refractivity contribution in [1.82, 2.24) is 0 Å². The molecule has 16 heavy (non-hydrogen) atoms. The molecular formula is C15H22O. The van der Waals surface area contributed by atoms with Gasteiger partial charge in [-0.2, -0.15) is 0 Å². The molecule has 0 unspecified atom stereocenters. The van der Waals surface area contributed by atoms with Crippen LogP contribution in [0.25, 0.3) is 0 Å². The van der Waals surface area contributed by atoms with Gasteiger partial charge in [0, 0.05) is 11.3 Å².